The zero-order valence-electron chi connectivity index (χ0n) is 17.6. The second-order valence-corrected chi connectivity index (χ2v) is 7.93. The number of thioether (sulfide) groups is 1. The molecule has 0 atom stereocenters. The summed E-state index contributed by atoms with van der Waals surface area (Å²) in [6.07, 6.45) is 1.72. The van der Waals surface area contributed by atoms with E-state index in [4.69, 9.17) is 9.15 Å². The number of halogens is 1. The average molecular weight is 453 g/mol. The molecule has 1 N–H and O–H groups in total. The Hall–Kier alpha value is -3.59. The molecule has 0 spiro atoms. The van der Waals surface area contributed by atoms with Crippen molar-refractivity contribution in [1.82, 2.24) is 14.8 Å². The van der Waals surface area contributed by atoms with Gasteiger partial charge in [-0.25, -0.2) is 4.39 Å². The van der Waals surface area contributed by atoms with Crippen LogP contribution in [0.15, 0.2) is 64.7 Å². The lowest BCUT2D eigenvalue weighted by Crippen LogP contribution is -2.15. The number of anilines is 1. The number of rotatable bonds is 8. The number of amides is 1. The van der Waals surface area contributed by atoms with Crippen LogP contribution in [0.2, 0.25) is 0 Å². The summed E-state index contributed by atoms with van der Waals surface area (Å²) in [5, 5.41) is 12.7. The summed E-state index contributed by atoms with van der Waals surface area (Å²) in [5.74, 6) is 1.24. The largest absolute Gasteiger partial charge is 0.493 e. The molecule has 164 valence electrons. The number of nitrogens with one attached hydrogen (secondary N) is 1. The van der Waals surface area contributed by atoms with Crippen molar-refractivity contribution in [2.45, 2.75) is 18.6 Å². The van der Waals surface area contributed by atoms with Crippen molar-refractivity contribution in [3.05, 3.63) is 66.5 Å². The number of nitrogens with zero attached hydrogens (tertiary/aromatic N) is 3. The summed E-state index contributed by atoms with van der Waals surface area (Å²) < 4.78 is 26.5. The normalized spacial score (nSPS) is 11.0. The maximum Gasteiger partial charge on any atom is 0.234 e. The lowest BCUT2D eigenvalue weighted by molar-refractivity contribution is -0.113. The van der Waals surface area contributed by atoms with Gasteiger partial charge in [0.05, 0.1) is 12.9 Å². The number of para-hydroxylation sites is 1. The first kappa shape index (κ1) is 21.6. The summed E-state index contributed by atoms with van der Waals surface area (Å²) in [5.41, 5.74) is 1.85. The van der Waals surface area contributed by atoms with Crippen LogP contribution in [0.3, 0.4) is 0 Å². The van der Waals surface area contributed by atoms with Gasteiger partial charge in [0, 0.05) is 17.6 Å². The molecule has 0 aliphatic heterocycles. The minimum Gasteiger partial charge on any atom is -0.493 e. The highest BCUT2D eigenvalue weighted by Crippen LogP contribution is 2.34. The number of aromatic nitrogens is 3. The number of aryl methyl sites for hydroxylation is 1. The van der Waals surface area contributed by atoms with Gasteiger partial charge in [-0.2, -0.15) is 0 Å². The van der Waals surface area contributed by atoms with Crippen molar-refractivity contribution in [3.8, 4) is 17.3 Å². The number of benzene rings is 2. The van der Waals surface area contributed by atoms with Gasteiger partial charge in [-0.1, -0.05) is 30.0 Å². The van der Waals surface area contributed by atoms with Crippen molar-refractivity contribution >= 4 is 34.3 Å². The standard InChI is InChI=1S/C23H21FN4O3S/c1-4-10-28-22(19-12-15-6-5-7-18(30-3)21(15)31-19)26-27-23(28)32-13-20(29)25-17-9-8-16(24)11-14(17)2/h4-9,11-12H,1,10,13H2,2-3H3,(H,25,29). The van der Waals surface area contributed by atoms with Gasteiger partial charge in [-0.05, 0) is 42.8 Å². The van der Waals surface area contributed by atoms with Crippen LogP contribution < -0.4 is 10.1 Å². The third-order valence-corrected chi connectivity index (χ3v) is 5.74. The van der Waals surface area contributed by atoms with Gasteiger partial charge in [0.25, 0.3) is 0 Å². The number of hydrogen-bond acceptors (Lipinski definition) is 6. The molecule has 0 aliphatic rings. The van der Waals surface area contributed by atoms with Gasteiger partial charge < -0.3 is 14.5 Å². The fourth-order valence-corrected chi connectivity index (χ4v) is 4.01. The van der Waals surface area contributed by atoms with Crippen molar-refractivity contribution in [1.29, 1.82) is 0 Å². The average Bonchev–Trinajstić information content (AvgIpc) is 3.38. The summed E-state index contributed by atoms with van der Waals surface area (Å²) in [6, 6.07) is 11.7. The van der Waals surface area contributed by atoms with E-state index in [-0.39, 0.29) is 17.5 Å². The molecule has 0 radical (unpaired) electrons. The second-order valence-electron chi connectivity index (χ2n) is 6.99. The van der Waals surface area contributed by atoms with Crippen molar-refractivity contribution in [2.24, 2.45) is 0 Å². The number of furan rings is 1. The first-order valence-electron chi connectivity index (χ1n) is 9.80. The number of methoxy groups -OCH3 is 1. The summed E-state index contributed by atoms with van der Waals surface area (Å²) in [6.45, 7) is 5.98. The summed E-state index contributed by atoms with van der Waals surface area (Å²) in [4.78, 5) is 12.4. The molecular formula is C23H21FN4O3S. The Morgan fingerprint density at radius 3 is 2.91 bits per heavy atom. The van der Waals surface area contributed by atoms with E-state index in [2.05, 4.69) is 22.1 Å². The topological polar surface area (TPSA) is 82.2 Å². The number of ether oxygens (including phenoxy) is 1. The Bertz CT molecular complexity index is 1300. The predicted octanol–water partition coefficient (Wildman–Crippen LogP) is 5.06. The first-order chi connectivity index (χ1) is 15.5. The van der Waals surface area contributed by atoms with E-state index in [1.54, 1.807) is 26.2 Å². The minimum atomic E-state index is -0.344. The maximum atomic E-state index is 13.3. The predicted molar refractivity (Wildman–Crippen MR) is 122 cm³/mol. The molecule has 0 fully saturated rings. The highest BCUT2D eigenvalue weighted by molar-refractivity contribution is 7.99. The fraction of sp³-hybridized carbons (Fsp3) is 0.174. The molecular weight excluding hydrogens is 431 g/mol. The number of fused-ring (bicyclic) bond motifs is 1. The molecule has 0 unspecified atom stereocenters. The van der Waals surface area contributed by atoms with Crippen LogP contribution in [0.4, 0.5) is 10.1 Å². The van der Waals surface area contributed by atoms with Crippen LogP contribution in [-0.4, -0.2) is 33.5 Å². The van der Waals surface area contributed by atoms with Crippen LogP contribution in [0.25, 0.3) is 22.6 Å². The third-order valence-electron chi connectivity index (χ3n) is 4.77. The molecule has 2 heterocycles. The SMILES string of the molecule is C=CCn1c(SCC(=O)Nc2ccc(F)cc2C)nnc1-c1cc2cccc(OC)c2o1. The van der Waals surface area contributed by atoms with Crippen LogP contribution in [0, 0.1) is 12.7 Å². The van der Waals surface area contributed by atoms with E-state index in [1.165, 1.54) is 23.9 Å². The fourth-order valence-electron chi connectivity index (χ4n) is 3.26. The van der Waals surface area contributed by atoms with Gasteiger partial charge in [0.2, 0.25) is 11.7 Å². The quantitative estimate of drug-likeness (QED) is 0.297. The zero-order valence-corrected chi connectivity index (χ0v) is 18.4. The smallest absolute Gasteiger partial charge is 0.234 e. The molecule has 0 saturated heterocycles. The molecule has 4 rings (SSSR count). The Labute approximate surface area is 188 Å². The van der Waals surface area contributed by atoms with Gasteiger partial charge in [-0.3, -0.25) is 9.36 Å². The van der Waals surface area contributed by atoms with Crippen LogP contribution in [0.1, 0.15) is 5.56 Å². The molecule has 2 aromatic carbocycles. The Balaban J connectivity index is 1.54. The van der Waals surface area contributed by atoms with Crippen molar-refractivity contribution in [3.63, 3.8) is 0 Å². The van der Waals surface area contributed by atoms with Crippen LogP contribution in [0.5, 0.6) is 5.75 Å². The van der Waals surface area contributed by atoms with Gasteiger partial charge in [-0.15, -0.1) is 16.8 Å². The minimum absolute atomic E-state index is 0.111. The summed E-state index contributed by atoms with van der Waals surface area (Å²) in [7, 11) is 1.59. The molecule has 32 heavy (non-hydrogen) atoms. The maximum absolute atomic E-state index is 13.3. The molecule has 7 nitrogen and oxygen atoms in total. The number of carbonyl (C=O) groups excluding carboxylic acids is 1. The Morgan fingerprint density at radius 1 is 1.31 bits per heavy atom. The highest BCUT2D eigenvalue weighted by Gasteiger charge is 2.19. The van der Waals surface area contributed by atoms with Gasteiger partial charge in [0.15, 0.2) is 22.2 Å². The molecule has 4 aromatic rings. The monoisotopic (exact) mass is 452 g/mol. The molecule has 2 aromatic heterocycles. The molecule has 9 heteroatoms. The number of carbonyl (C=O) groups is 1. The third kappa shape index (κ3) is 4.38. The van der Waals surface area contributed by atoms with Crippen molar-refractivity contribution < 1.29 is 18.3 Å². The zero-order chi connectivity index (χ0) is 22.7. The summed E-state index contributed by atoms with van der Waals surface area (Å²) >= 11 is 1.24. The number of hydrogen-bond donors (Lipinski definition) is 1. The number of allylic oxidation sites excluding steroid dienone is 1. The van der Waals surface area contributed by atoms with Gasteiger partial charge >= 0.3 is 0 Å². The lowest BCUT2D eigenvalue weighted by atomic mass is 10.2. The molecule has 1 amide bonds. The Kier molecular flexibility index (Phi) is 6.27. The van der Waals surface area contributed by atoms with Gasteiger partial charge in [0.1, 0.15) is 5.82 Å². The van der Waals surface area contributed by atoms with E-state index in [0.29, 0.717) is 45.9 Å². The van der Waals surface area contributed by atoms with E-state index < -0.39 is 0 Å². The highest BCUT2D eigenvalue weighted by atomic mass is 32.2. The van der Waals surface area contributed by atoms with Crippen LogP contribution >= 0.6 is 11.8 Å². The van der Waals surface area contributed by atoms with E-state index >= 15 is 0 Å². The van der Waals surface area contributed by atoms with E-state index in [9.17, 15) is 9.18 Å². The second kappa shape index (κ2) is 9.27. The van der Waals surface area contributed by atoms with E-state index in [0.717, 1.165) is 5.39 Å². The van der Waals surface area contributed by atoms with Crippen molar-refractivity contribution in [2.75, 3.05) is 18.2 Å². The van der Waals surface area contributed by atoms with Crippen LogP contribution in [-0.2, 0) is 11.3 Å². The molecule has 0 bridgehead atoms. The molecule has 0 saturated carbocycles. The first-order valence-corrected chi connectivity index (χ1v) is 10.8. The van der Waals surface area contributed by atoms with E-state index in [1.807, 2.05) is 28.8 Å². The Morgan fingerprint density at radius 2 is 2.16 bits per heavy atom. The lowest BCUT2D eigenvalue weighted by Gasteiger charge is -2.09. The molecule has 0 aliphatic carbocycles.